The van der Waals surface area contributed by atoms with Gasteiger partial charge in [0, 0.05) is 29.0 Å². The maximum atomic E-state index is 15.5. The van der Waals surface area contributed by atoms with Gasteiger partial charge in [0.15, 0.2) is 0 Å². The molecule has 0 radical (unpaired) electrons. The minimum atomic E-state index is -1.55. The summed E-state index contributed by atoms with van der Waals surface area (Å²) >= 11 is 12.2. The zero-order chi connectivity index (χ0) is 27.5. The largest absolute Gasteiger partial charge is 0.394 e. The molecule has 0 unspecified atom stereocenters. The number of hydrogen-bond donors (Lipinski definition) is 3. The van der Waals surface area contributed by atoms with Crippen molar-refractivity contribution in [2.24, 2.45) is 5.41 Å². The Morgan fingerprint density at radius 3 is 2.46 bits per heavy atom. The Morgan fingerprint density at radius 2 is 1.89 bits per heavy atom. The van der Waals surface area contributed by atoms with Gasteiger partial charge in [0.1, 0.15) is 22.8 Å². The molecule has 200 valence electrons. The van der Waals surface area contributed by atoms with Crippen molar-refractivity contribution < 1.29 is 23.8 Å². The smallest absolute Gasteiger partial charge is 0.150 e. The highest BCUT2D eigenvalue weighted by Gasteiger charge is 2.60. The number of halogens is 4. The van der Waals surface area contributed by atoms with E-state index in [9.17, 15) is 19.6 Å². The van der Waals surface area contributed by atoms with Crippen LogP contribution in [0.4, 0.5) is 8.78 Å². The second kappa shape index (κ2) is 11.8. The molecule has 1 saturated heterocycles. The van der Waals surface area contributed by atoms with Crippen molar-refractivity contribution in [2.45, 2.75) is 76.0 Å². The molecule has 0 aliphatic carbocycles. The molecule has 1 fully saturated rings. The van der Waals surface area contributed by atoms with Crippen LogP contribution in [-0.4, -0.2) is 40.8 Å². The van der Waals surface area contributed by atoms with Gasteiger partial charge in [-0.05, 0) is 54.5 Å². The van der Waals surface area contributed by atoms with Gasteiger partial charge in [-0.1, -0.05) is 56.1 Å². The summed E-state index contributed by atoms with van der Waals surface area (Å²) < 4.78 is 29.7. The fourth-order valence-electron chi connectivity index (χ4n) is 5.34. The molecular weight excluding hydrogens is 521 g/mol. The molecule has 5 atom stereocenters. The Bertz CT molecular complexity index is 1180. The van der Waals surface area contributed by atoms with Crippen LogP contribution in [0.3, 0.4) is 0 Å². The number of carbonyl (C=O) groups excluding carboxylic acids is 1. The van der Waals surface area contributed by atoms with Crippen LogP contribution < -0.4 is 5.32 Å². The first kappa shape index (κ1) is 29.5. The number of nitriles is 1. The van der Waals surface area contributed by atoms with Gasteiger partial charge in [0.2, 0.25) is 0 Å². The molecule has 2 aromatic carbocycles. The van der Waals surface area contributed by atoms with E-state index in [2.05, 4.69) is 11.4 Å². The van der Waals surface area contributed by atoms with Gasteiger partial charge in [-0.15, -0.1) is 0 Å². The Hall–Kier alpha value is -2.08. The van der Waals surface area contributed by atoms with Crippen LogP contribution >= 0.6 is 23.2 Å². The van der Waals surface area contributed by atoms with Crippen LogP contribution in [0.15, 0.2) is 36.4 Å². The average molecular weight is 553 g/mol. The summed E-state index contributed by atoms with van der Waals surface area (Å²) in [5, 5.41) is 32.9. The van der Waals surface area contributed by atoms with E-state index in [0.29, 0.717) is 18.4 Å². The first-order valence-corrected chi connectivity index (χ1v) is 13.0. The van der Waals surface area contributed by atoms with Crippen molar-refractivity contribution in [2.75, 3.05) is 6.61 Å². The van der Waals surface area contributed by atoms with E-state index in [1.54, 1.807) is 0 Å². The predicted octanol–water partition coefficient (Wildman–Crippen LogP) is 5.69. The highest BCUT2D eigenvalue weighted by molar-refractivity contribution is 6.31. The van der Waals surface area contributed by atoms with Gasteiger partial charge < -0.3 is 15.5 Å². The predicted molar refractivity (Wildman–Crippen MR) is 140 cm³/mol. The Balaban J connectivity index is 2.21. The molecule has 37 heavy (non-hydrogen) atoms. The number of ketones is 1. The van der Waals surface area contributed by atoms with Crippen LogP contribution in [0.1, 0.15) is 63.5 Å². The lowest BCUT2D eigenvalue weighted by molar-refractivity contribution is -0.121. The first-order chi connectivity index (χ1) is 17.3. The third kappa shape index (κ3) is 6.32. The number of nitrogens with one attached hydrogen (secondary N) is 1. The summed E-state index contributed by atoms with van der Waals surface area (Å²) in [5.41, 5.74) is -1.32. The molecule has 3 N–H and O–H groups in total. The summed E-state index contributed by atoms with van der Waals surface area (Å²) in [6, 6.07) is 8.98. The number of rotatable bonds is 9. The summed E-state index contributed by atoms with van der Waals surface area (Å²) in [6.45, 7) is 5.56. The monoisotopic (exact) mass is 552 g/mol. The second-order valence-corrected chi connectivity index (χ2v) is 11.8. The molecule has 3 rings (SSSR count). The Labute approximate surface area is 226 Å². The molecular formula is C28H32Cl2F2N2O3. The quantitative estimate of drug-likeness (QED) is 0.371. The van der Waals surface area contributed by atoms with Gasteiger partial charge in [-0.3, -0.25) is 4.79 Å². The van der Waals surface area contributed by atoms with Gasteiger partial charge in [-0.2, -0.15) is 5.26 Å². The summed E-state index contributed by atoms with van der Waals surface area (Å²) in [4.78, 5) is 13.6. The Kier molecular flexibility index (Phi) is 9.36. The number of hydrogen-bond acceptors (Lipinski definition) is 5. The molecule has 9 heteroatoms. The van der Waals surface area contributed by atoms with Crippen LogP contribution in [-0.2, 0) is 10.2 Å². The number of nitrogens with zero attached hydrogens (tertiary/aromatic N) is 1. The van der Waals surface area contributed by atoms with E-state index >= 15 is 4.39 Å². The molecule has 1 aliphatic rings. The van der Waals surface area contributed by atoms with Crippen LogP contribution in [0, 0.1) is 28.4 Å². The molecule has 0 spiro atoms. The lowest BCUT2D eigenvalue weighted by Gasteiger charge is -2.37. The zero-order valence-corrected chi connectivity index (χ0v) is 22.6. The van der Waals surface area contributed by atoms with Crippen molar-refractivity contribution >= 4 is 29.0 Å². The fourth-order valence-corrected chi connectivity index (χ4v) is 5.69. The number of aliphatic hydroxyl groups is 2. The minimum Gasteiger partial charge on any atom is -0.394 e. The molecule has 0 aromatic heterocycles. The number of benzene rings is 2. The number of carbonyl (C=O) groups is 1. The maximum absolute atomic E-state index is 15.5. The highest BCUT2D eigenvalue weighted by Crippen LogP contribution is 2.52. The molecule has 0 bridgehead atoms. The highest BCUT2D eigenvalue weighted by atomic mass is 35.5. The van der Waals surface area contributed by atoms with Crippen molar-refractivity contribution in [3.63, 3.8) is 0 Å². The number of Topliss-reactive ketones (excluding diaryl/α,β-unsaturated/α-hetero) is 1. The van der Waals surface area contributed by atoms with Gasteiger partial charge >= 0.3 is 0 Å². The third-order valence-electron chi connectivity index (χ3n) is 6.95. The van der Waals surface area contributed by atoms with E-state index in [-0.39, 0.29) is 39.6 Å². The molecule has 2 aromatic rings. The molecule has 1 heterocycles. The summed E-state index contributed by atoms with van der Waals surface area (Å²) in [6.07, 6.45) is 0.0940. The van der Waals surface area contributed by atoms with E-state index < -0.39 is 47.8 Å². The van der Waals surface area contributed by atoms with Crippen LogP contribution in [0.5, 0.6) is 0 Å². The van der Waals surface area contributed by atoms with Crippen molar-refractivity contribution in [1.82, 2.24) is 5.32 Å². The van der Waals surface area contributed by atoms with E-state index in [0.717, 1.165) is 6.07 Å². The Morgan fingerprint density at radius 1 is 1.19 bits per heavy atom. The topological polar surface area (TPSA) is 93.3 Å². The van der Waals surface area contributed by atoms with Crippen LogP contribution in [0.25, 0.3) is 0 Å². The first-order valence-electron chi connectivity index (χ1n) is 12.2. The van der Waals surface area contributed by atoms with Crippen molar-refractivity contribution in [1.29, 1.82) is 5.26 Å². The lowest BCUT2D eigenvalue weighted by atomic mass is 9.62. The second-order valence-electron chi connectivity index (χ2n) is 10.9. The normalized spacial score (nSPS) is 24.6. The molecule has 0 amide bonds. The van der Waals surface area contributed by atoms with Crippen molar-refractivity contribution in [3.8, 4) is 6.07 Å². The van der Waals surface area contributed by atoms with Gasteiger partial charge in [-0.25, -0.2) is 8.78 Å². The summed E-state index contributed by atoms with van der Waals surface area (Å²) in [7, 11) is 0. The molecule has 0 saturated carbocycles. The lowest BCUT2D eigenvalue weighted by Crippen LogP contribution is -2.44. The van der Waals surface area contributed by atoms with Gasteiger partial charge in [0.05, 0.1) is 29.8 Å². The van der Waals surface area contributed by atoms with E-state index in [4.69, 9.17) is 28.3 Å². The van der Waals surface area contributed by atoms with Gasteiger partial charge in [0.25, 0.3) is 0 Å². The number of aliphatic hydroxyl groups excluding tert-OH is 2. The maximum Gasteiger partial charge on any atom is 0.150 e. The van der Waals surface area contributed by atoms with Crippen molar-refractivity contribution in [3.05, 3.63) is 69.2 Å². The SMILES string of the molecule is CC(C)(C)C[C@@H]1N[C@@H](C(=O)CCC[C@@H](O)CO)[C@H](c2ccc(F)c(Cl)c2)[C@@]1(C#N)c1ccc(Cl)cc1F. The van der Waals surface area contributed by atoms with E-state index in [1.807, 2.05) is 20.8 Å². The third-order valence-corrected chi connectivity index (χ3v) is 7.48. The summed E-state index contributed by atoms with van der Waals surface area (Å²) in [5.74, 6) is -2.45. The fraction of sp³-hybridized carbons (Fsp3) is 0.500. The average Bonchev–Trinajstić information content (AvgIpc) is 3.13. The molecule has 5 nitrogen and oxygen atoms in total. The van der Waals surface area contributed by atoms with Crippen LogP contribution in [0.2, 0.25) is 10.0 Å². The van der Waals surface area contributed by atoms with E-state index in [1.165, 1.54) is 30.3 Å². The zero-order valence-electron chi connectivity index (χ0n) is 21.1. The molecule has 1 aliphatic heterocycles. The standard InChI is InChI=1S/C28H32Cl2F2N2O3/c1-27(2,3)13-24-28(15-33,19-9-8-17(29)12-22(19)32)25(16-7-10-21(31)20(30)11-16)26(34-24)23(37)6-4-5-18(36)14-35/h7-12,18,24-26,34-36H,4-6,13-14H2,1-3H3/t18-,24+,25+,26+,28+/m1/s1. The minimum absolute atomic E-state index is 0.0625.